The zero-order valence-electron chi connectivity index (χ0n) is 13.6. The molecule has 0 radical (unpaired) electrons. The number of anilines is 1. The lowest BCUT2D eigenvalue weighted by Gasteiger charge is -2.28. The van der Waals surface area contributed by atoms with E-state index >= 15 is 0 Å². The van der Waals surface area contributed by atoms with Gasteiger partial charge in [0.05, 0.1) is 6.20 Å². The van der Waals surface area contributed by atoms with Crippen LogP contribution in [-0.2, 0) is 17.8 Å². The first-order chi connectivity index (χ1) is 12.1. The average Bonchev–Trinajstić information content (AvgIpc) is 3.46. The number of nitrogens with one attached hydrogen (secondary N) is 2. The van der Waals surface area contributed by atoms with Crippen molar-refractivity contribution in [3.8, 4) is 0 Å². The minimum atomic E-state index is -0.186. The Bertz CT molecular complexity index is 901. The van der Waals surface area contributed by atoms with Crippen LogP contribution in [0.15, 0.2) is 35.3 Å². The monoisotopic (exact) mass is 338 g/mol. The molecule has 1 aromatic carbocycles. The molecule has 0 unspecified atom stereocenters. The van der Waals surface area contributed by atoms with Gasteiger partial charge in [0, 0.05) is 41.4 Å². The van der Waals surface area contributed by atoms with E-state index in [0.717, 1.165) is 18.4 Å². The smallest absolute Gasteiger partial charge is 0.267 e. The van der Waals surface area contributed by atoms with Gasteiger partial charge in [-0.15, -0.1) is 0 Å². The fourth-order valence-electron chi connectivity index (χ4n) is 3.08. The Hall–Kier alpha value is -2.96. The molecule has 0 atom stereocenters. The number of amides is 2. The van der Waals surface area contributed by atoms with Gasteiger partial charge in [-0.25, -0.2) is 5.10 Å². The van der Waals surface area contributed by atoms with E-state index in [2.05, 4.69) is 15.5 Å². The van der Waals surface area contributed by atoms with Crippen molar-refractivity contribution in [2.75, 3.05) is 11.9 Å². The molecule has 2 N–H and O–H groups in total. The third-order valence-corrected chi connectivity index (χ3v) is 4.65. The highest BCUT2D eigenvalue weighted by Crippen LogP contribution is 2.30. The Morgan fingerprint density at radius 1 is 1.28 bits per heavy atom. The summed E-state index contributed by atoms with van der Waals surface area (Å²) in [6.07, 6.45) is 3.98. The topological polar surface area (TPSA) is 95.2 Å². The Morgan fingerprint density at radius 2 is 2.12 bits per heavy atom. The van der Waals surface area contributed by atoms with Gasteiger partial charge < -0.3 is 10.2 Å². The van der Waals surface area contributed by atoms with Gasteiger partial charge in [0.15, 0.2) is 0 Å². The normalized spacial score (nSPS) is 16.2. The highest BCUT2D eigenvalue weighted by molar-refractivity contribution is 5.98. The maximum Gasteiger partial charge on any atom is 0.267 e. The van der Waals surface area contributed by atoms with Crippen molar-refractivity contribution in [2.24, 2.45) is 5.92 Å². The molecule has 1 saturated carbocycles. The first-order valence-corrected chi connectivity index (χ1v) is 8.37. The second kappa shape index (κ2) is 6.16. The number of benzene rings is 1. The summed E-state index contributed by atoms with van der Waals surface area (Å²) < 4.78 is 0. The van der Waals surface area contributed by atoms with Crippen LogP contribution in [0.25, 0.3) is 0 Å². The molecule has 2 aromatic rings. The van der Waals surface area contributed by atoms with Crippen molar-refractivity contribution in [1.29, 1.82) is 0 Å². The highest BCUT2D eigenvalue weighted by atomic mass is 16.2. The van der Waals surface area contributed by atoms with Crippen LogP contribution >= 0.6 is 0 Å². The SMILES string of the molecule is O=C(Nc1cccc(C(=O)N2CCc3c(cn[nH]c3=O)C2)c1)C1CC1. The Kier molecular flexibility index (Phi) is 3.83. The number of H-pyrrole nitrogens is 1. The molecule has 2 aliphatic rings. The number of carbonyl (C=O) groups excluding carboxylic acids is 2. The van der Waals surface area contributed by atoms with Gasteiger partial charge in [-0.05, 0) is 37.5 Å². The van der Waals surface area contributed by atoms with Crippen LogP contribution in [0.1, 0.15) is 34.3 Å². The summed E-state index contributed by atoms with van der Waals surface area (Å²) in [6.45, 7) is 0.849. The first kappa shape index (κ1) is 15.6. The van der Waals surface area contributed by atoms with Gasteiger partial charge in [-0.3, -0.25) is 14.4 Å². The standard InChI is InChI=1S/C18H18N4O3/c23-16(11-4-5-11)20-14-3-1-2-12(8-14)18(25)22-7-6-15-13(10-22)9-19-21-17(15)24/h1-3,8-9,11H,4-7,10H2,(H,20,23)(H,21,24). The van der Waals surface area contributed by atoms with Crippen molar-refractivity contribution in [3.05, 3.63) is 57.5 Å². The second-order valence-corrected chi connectivity index (χ2v) is 6.52. The zero-order chi connectivity index (χ0) is 17.4. The molecule has 0 saturated heterocycles. The fourth-order valence-corrected chi connectivity index (χ4v) is 3.08. The summed E-state index contributed by atoms with van der Waals surface area (Å²) in [5, 5.41) is 9.10. The van der Waals surface area contributed by atoms with Crippen LogP contribution in [0.4, 0.5) is 5.69 Å². The third-order valence-electron chi connectivity index (χ3n) is 4.65. The molecule has 0 bridgehead atoms. The zero-order valence-corrected chi connectivity index (χ0v) is 13.6. The summed E-state index contributed by atoms with van der Waals surface area (Å²) in [7, 11) is 0. The van der Waals surface area contributed by atoms with Crippen molar-refractivity contribution < 1.29 is 9.59 Å². The van der Waals surface area contributed by atoms with Crippen LogP contribution in [-0.4, -0.2) is 33.5 Å². The molecule has 128 valence electrons. The Morgan fingerprint density at radius 3 is 2.92 bits per heavy atom. The van der Waals surface area contributed by atoms with E-state index < -0.39 is 0 Å². The molecule has 1 fully saturated rings. The second-order valence-electron chi connectivity index (χ2n) is 6.52. The average molecular weight is 338 g/mol. The van der Waals surface area contributed by atoms with Crippen molar-refractivity contribution in [3.63, 3.8) is 0 Å². The molecule has 7 nitrogen and oxygen atoms in total. The number of carbonyl (C=O) groups is 2. The van der Waals surface area contributed by atoms with E-state index in [9.17, 15) is 14.4 Å². The van der Waals surface area contributed by atoms with Crippen LogP contribution < -0.4 is 10.9 Å². The predicted octanol–water partition coefficient (Wildman–Crippen LogP) is 1.32. The quantitative estimate of drug-likeness (QED) is 0.882. The van der Waals surface area contributed by atoms with Crippen LogP contribution in [0.3, 0.4) is 0 Å². The van der Waals surface area contributed by atoms with Gasteiger partial charge in [0.1, 0.15) is 0 Å². The Balaban J connectivity index is 1.51. The fraction of sp³-hybridized carbons (Fsp3) is 0.333. The van der Waals surface area contributed by atoms with E-state index in [1.807, 2.05) is 0 Å². The molecule has 0 spiro atoms. The van der Waals surface area contributed by atoms with Gasteiger partial charge in [-0.2, -0.15) is 5.10 Å². The van der Waals surface area contributed by atoms with Crippen molar-refractivity contribution >= 4 is 17.5 Å². The predicted molar refractivity (Wildman–Crippen MR) is 91.1 cm³/mol. The molecule has 2 amide bonds. The molecule has 1 aromatic heterocycles. The maximum atomic E-state index is 12.8. The summed E-state index contributed by atoms with van der Waals surface area (Å²) >= 11 is 0. The van der Waals surface area contributed by atoms with Gasteiger partial charge >= 0.3 is 0 Å². The minimum absolute atomic E-state index is 0.0156. The number of rotatable bonds is 3. The van der Waals surface area contributed by atoms with Crippen LogP contribution in [0.5, 0.6) is 0 Å². The summed E-state index contributed by atoms with van der Waals surface area (Å²) in [6, 6.07) is 6.99. The summed E-state index contributed by atoms with van der Waals surface area (Å²) in [5.41, 5.74) is 2.45. The lowest BCUT2D eigenvalue weighted by Crippen LogP contribution is -2.38. The number of nitrogens with zero attached hydrogens (tertiary/aromatic N) is 2. The van der Waals surface area contributed by atoms with Gasteiger partial charge in [0.2, 0.25) is 5.91 Å². The lowest BCUT2D eigenvalue weighted by molar-refractivity contribution is -0.117. The molecule has 1 aliphatic carbocycles. The molecule has 4 rings (SSSR count). The maximum absolute atomic E-state index is 12.8. The van der Waals surface area contributed by atoms with E-state index in [1.165, 1.54) is 0 Å². The number of aromatic amines is 1. The van der Waals surface area contributed by atoms with Crippen LogP contribution in [0.2, 0.25) is 0 Å². The van der Waals surface area contributed by atoms with Crippen molar-refractivity contribution in [2.45, 2.75) is 25.8 Å². The van der Waals surface area contributed by atoms with Crippen molar-refractivity contribution in [1.82, 2.24) is 15.1 Å². The third kappa shape index (κ3) is 3.17. The summed E-state index contributed by atoms with van der Waals surface area (Å²) in [5.74, 6) is 0.0128. The molecular weight excluding hydrogens is 320 g/mol. The molecule has 25 heavy (non-hydrogen) atoms. The molecular formula is C18H18N4O3. The van der Waals surface area contributed by atoms with Gasteiger partial charge in [0.25, 0.3) is 11.5 Å². The van der Waals surface area contributed by atoms with Crippen LogP contribution in [0, 0.1) is 5.92 Å². The Labute approximate surface area is 144 Å². The summed E-state index contributed by atoms with van der Waals surface area (Å²) in [4.78, 5) is 38.1. The number of hydrogen-bond donors (Lipinski definition) is 2. The minimum Gasteiger partial charge on any atom is -0.334 e. The molecule has 7 heteroatoms. The van der Waals surface area contributed by atoms with E-state index in [4.69, 9.17) is 0 Å². The number of fused-ring (bicyclic) bond motifs is 1. The van der Waals surface area contributed by atoms with E-state index in [0.29, 0.717) is 36.3 Å². The highest BCUT2D eigenvalue weighted by Gasteiger charge is 2.30. The lowest BCUT2D eigenvalue weighted by atomic mass is 10.0. The number of aromatic nitrogens is 2. The largest absolute Gasteiger partial charge is 0.334 e. The number of hydrogen-bond acceptors (Lipinski definition) is 4. The van der Waals surface area contributed by atoms with E-state index in [1.54, 1.807) is 35.4 Å². The van der Waals surface area contributed by atoms with Gasteiger partial charge in [-0.1, -0.05) is 6.07 Å². The molecule has 2 heterocycles. The van der Waals surface area contributed by atoms with E-state index in [-0.39, 0.29) is 23.3 Å². The first-order valence-electron chi connectivity index (χ1n) is 8.37. The molecule has 1 aliphatic heterocycles.